The van der Waals surface area contributed by atoms with E-state index in [2.05, 4.69) is 5.10 Å². The summed E-state index contributed by atoms with van der Waals surface area (Å²) in [7, 11) is 0. The summed E-state index contributed by atoms with van der Waals surface area (Å²) in [5, 5.41) is 15.3. The van der Waals surface area contributed by atoms with E-state index in [1.54, 1.807) is 12.1 Å². The highest BCUT2D eigenvalue weighted by atomic mass is 35.5. The molecular formula is C31H19ClN2O5. The van der Waals surface area contributed by atoms with Crippen molar-refractivity contribution < 1.29 is 19.1 Å². The molecule has 0 amide bonds. The van der Waals surface area contributed by atoms with Crippen LogP contribution in [0.1, 0.15) is 10.4 Å². The van der Waals surface area contributed by atoms with Crippen LogP contribution in [0, 0.1) is 0 Å². The highest BCUT2D eigenvalue weighted by molar-refractivity contribution is 6.33. The molecule has 190 valence electrons. The van der Waals surface area contributed by atoms with Crippen LogP contribution < -0.4 is 10.2 Å². The third kappa shape index (κ3) is 4.56. The number of hydrogen-bond acceptors (Lipinski definition) is 6. The smallest absolute Gasteiger partial charge is 0.349 e. The van der Waals surface area contributed by atoms with Gasteiger partial charge in [-0.25, -0.2) is 9.48 Å². The summed E-state index contributed by atoms with van der Waals surface area (Å²) in [5.74, 6) is -0.880. The van der Waals surface area contributed by atoms with Crippen molar-refractivity contribution in [3.05, 3.63) is 130 Å². The molecule has 0 aliphatic rings. The maximum Gasteiger partial charge on any atom is 0.349 e. The molecule has 39 heavy (non-hydrogen) atoms. The molecule has 8 heteroatoms. The fourth-order valence-electron chi connectivity index (χ4n) is 4.32. The van der Waals surface area contributed by atoms with Crippen LogP contribution in [0.3, 0.4) is 0 Å². The molecule has 0 unspecified atom stereocenters. The molecule has 0 saturated heterocycles. The molecule has 2 heterocycles. The highest BCUT2D eigenvalue weighted by Gasteiger charge is 2.27. The number of fused-ring (bicyclic) bond motifs is 1. The Hall–Kier alpha value is -5.14. The number of carbonyl (C=O) groups excluding carboxylic acids is 1. The van der Waals surface area contributed by atoms with E-state index in [0.717, 1.165) is 0 Å². The maximum atomic E-state index is 13.5. The number of esters is 1. The minimum absolute atomic E-state index is 0.0191. The number of aromatic nitrogens is 2. The fourth-order valence-corrected chi connectivity index (χ4v) is 4.62. The second kappa shape index (κ2) is 9.96. The van der Waals surface area contributed by atoms with Crippen LogP contribution in [0.4, 0.5) is 0 Å². The maximum absolute atomic E-state index is 13.5. The molecule has 0 aliphatic heterocycles. The third-order valence-corrected chi connectivity index (χ3v) is 6.48. The van der Waals surface area contributed by atoms with Crippen molar-refractivity contribution in [1.29, 1.82) is 0 Å². The third-order valence-electron chi connectivity index (χ3n) is 6.13. The Labute approximate surface area is 227 Å². The Morgan fingerprint density at radius 1 is 0.846 bits per heavy atom. The lowest BCUT2D eigenvalue weighted by molar-refractivity contribution is 0.0735. The standard InChI is InChI=1S/C31H19ClN2O5/c32-30-28(29(20-12-6-2-7-13-20)33-34(30)21-14-8-3-9-15-21)31(37)38-22-16-23(35)27-24(36)18-25(39-26(27)17-22)19-10-4-1-5-11-19/h1-18,35H. The van der Waals surface area contributed by atoms with Gasteiger partial charge in [-0.1, -0.05) is 90.5 Å². The van der Waals surface area contributed by atoms with Crippen LogP contribution >= 0.6 is 11.6 Å². The number of hydrogen-bond donors (Lipinski definition) is 1. The van der Waals surface area contributed by atoms with Gasteiger partial charge >= 0.3 is 5.97 Å². The zero-order chi connectivity index (χ0) is 26.9. The first-order valence-electron chi connectivity index (χ1n) is 12.0. The summed E-state index contributed by atoms with van der Waals surface area (Å²) in [6.45, 7) is 0. The largest absolute Gasteiger partial charge is 0.507 e. The monoisotopic (exact) mass is 534 g/mol. The molecule has 0 radical (unpaired) electrons. The first-order chi connectivity index (χ1) is 19.0. The minimum atomic E-state index is -0.790. The molecular weight excluding hydrogens is 516 g/mol. The first kappa shape index (κ1) is 24.2. The SMILES string of the molecule is O=C(Oc1cc(O)c2c(=O)cc(-c3ccccc3)oc2c1)c1c(-c2ccccc2)nn(-c2ccccc2)c1Cl. The molecule has 4 aromatic carbocycles. The van der Waals surface area contributed by atoms with Gasteiger partial charge in [0.15, 0.2) is 5.43 Å². The van der Waals surface area contributed by atoms with E-state index in [-0.39, 0.29) is 33.2 Å². The number of para-hydroxylation sites is 1. The topological polar surface area (TPSA) is 94.6 Å². The summed E-state index contributed by atoms with van der Waals surface area (Å²) in [4.78, 5) is 26.3. The number of nitrogens with zero attached hydrogens (tertiary/aromatic N) is 2. The number of benzene rings is 4. The van der Waals surface area contributed by atoms with Crippen molar-refractivity contribution in [2.75, 3.05) is 0 Å². The van der Waals surface area contributed by atoms with E-state index in [0.29, 0.717) is 28.3 Å². The van der Waals surface area contributed by atoms with Crippen molar-refractivity contribution in [2.24, 2.45) is 0 Å². The lowest BCUT2D eigenvalue weighted by Gasteiger charge is -2.09. The van der Waals surface area contributed by atoms with Crippen LogP contribution in [-0.2, 0) is 0 Å². The van der Waals surface area contributed by atoms with Gasteiger partial charge in [0.2, 0.25) is 0 Å². The molecule has 0 fully saturated rings. The summed E-state index contributed by atoms with van der Waals surface area (Å²) < 4.78 is 13.1. The minimum Gasteiger partial charge on any atom is -0.507 e. The summed E-state index contributed by atoms with van der Waals surface area (Å²) in [6.07, 6.45) is 0. The number of rotatable bonds is 5. The van der Waals surface area contributed by atoms with Crippen LogP contribution in [-0.4, -0.2) is 20.9 Å². The zero-order valence-corrected chi connectivity index (χ0v) is 21.0. The molecule has 0 aliphatic carbocycles. The van der Waals surface area contributed by atoms with Gasteiger partial charge < -0.3 is 14.3 Å². The summed E-state index contributed by atoms with van der Waals surface area (Å²) in [6, 6.07) is 31.3. The van der Waals surface area contributed by atoms with Crippen molar-refractivity contribution in [1.82, 2.24) is 9.78 Å². The number of aromatic hydroxyl groups is 1. The van der Waals surface area contributed by atoms with E-state index in [1.165, 1.54) is 22.9 Å². The van der Waals surface area contributed by atoms with Crippen LogP contribution in [0.25, 0.3) is 39.2 Å². The highest BCUT2D eigenvalue weighted by Crippen LogP contribution is 2.34. The Morgan fingerprint density at radius 3 is 2.13 bits per heavy atom. The average molecular weight is 535 g/mol. The van der Waals surface area contributed by atoms with Gasteiger partial charge in [-0.15, -0.1) is 0 Å². The fraction of sp³-hybridized carbons (Fsp3) is 0. The van der Waals surface area contributed by atoms with Crippen molar-refractivity contribution in [2.45, 2.75) is 0 Å². The Bertz CT molecular complexity index is 1880. The molecule has 0 atom stereocenters. The lowest BCUT2D eigenvalue weighted by Crippen LogP contribution is -2.10. The van der Waals surface area contributed by atoms with Crippen LogP contribution in [0.2, 0.25) is 5.15 Å². The predicted molar refractivity (Wildman–Crippen MR) is 149 cm³/mol. The number of phenols is 1. The zero-order valence-electron chi connectivity index (χ0n) is 20.2. The predicted octanol–water partition coefficient (Wildman–Crippen LogP) is 6.89. The van der Waals surface area contributed by atoms with E-state index in [4.69, 9.17) is 20.8 Å². The van der Waals surface area contributed by atoms with Gasteiger partial charge in [0, 0.05) is 29.3 Å². The van der Waals surface area contributed by atoms with E-state index in [9.17, 15) is 14.7 Å². The van der Waals surface area contributed by atoms with E-state index >= 15 is 0 Å². The van der Waals surface area contributed by atoms with Gasteiger partial charge in [0.1, 0.15) is 44.6 Å². The van der Waals surface area contributed by atoms with Crippen LogP contribution in [0.15, 0.2) is 118 Å². The molecule has 6 rings (SSSR count). The summed E-state index contributed by atoms with van der Waals surface area (Å²) in [5.41, 5.74) is 2.04. The summed E-state index contributed by atoms with van der Waals surface area (Å²) >= 11 is 6.70. The van der Waals surface area contributed by atoms with Gasteiger partial charge in [0.05, 0.1) is 5.69 Å². The van der Waals surface area contributed by atoms with Crippen molar-refractivity contribution >= 4 is 28.5 Å². The number of carbonyl (C=O) groups is 1. The molecule has 0 spiro atoms. The molecule has 1 N–H and O–H groups in total. The number of halogens is 1. The van der Waals surface area contributed by atoms with E-state index in [1.807, 2.05) is 78.9 Å². The van der Waals surface area contributed by atoms with E-state index < -0.39 is 11.4 Å². The molecule has 2 aromatic heterocycles. The van der Waals surface area contributed by atoms with Gasteiger partial charge in [-0.05, 0) is 12.1 Å². The molecule has 7 nitrogen and oxygen atoms in total. The number of phenolic OH excluding ortho intramolecular Hbond substituents is 1. The van der Waals surface area contributed by atoms with Gasteiger partial charge in [-0.3, -0.25) is 4.79 Å². The Morgan fingerprint density at radius 2 is 1.46 bits per heavy atom. The normalized spacial score (nSPS) is 11.0. The molecule has 0 saturated carbocycles. The van der Waals surface area contributed by atoms with Crippen molar-refractivity contribution in [3.8, 4) is 39.8 Å². The second-order valence-electron chi connectivity index (χ2n) is 8.67. The van der Waals surface area contributed by atoms with Crippen molar-refractivity contribution in [3.63, 3.8) is 0 Å². The van der Waals surface area contributed by atoms with Gasteiger partial charge in [-0.2, -0.15) is 5.10 Å². The van der Waals surface area contributed by atoms with Gasteiger partial charge in [0.25, 0.3) is 0 Å². The Balaban J connectivity index is 1.44. The molecule has 6 aromatic rings. The average Bonchev–Trinajstić information content (AvgIpc) is 3.31. The Kier molecular flexibility index (Phi) is 6.19. The molecule has 0 bridgehead atoms. The second-order valence-corrected chi connectivity index (χ2v) is 9.03. The quantitative estimate of drug-likeness (QED) is 0.191. The van der Waals surface area contributed by atoms with Crippen LogP contribution in [0.5, 0.6) is 11.5 Å². The number of ether oxygens (including phenoxy) is 1. The lowest BCUT2D eigenvalue weighted by atomic mass is 10.1. The first-order valence-corrected chi connectivity index (χ1v) is 12.4.